The average molecular weight is 265 g/mol. The summed E-state index contributed by atoms with van der Waals surface area (Å²) in [6.45, 7) is 6.08. The van der Waals surface area contributed by atoms with Gasteiger partial charge in [-0.15, -0.1) is 12.4 Å². The van der Waals surface area contributed by atoms with Gasteiger partial charge in [0.25, 0.3) is 0 Å². The van der Waals surface area contributed by atoms with E-state index in [1.165, 1.54) is 16.8 Å². The Bertz CT molecular complexity index is 539. The Morgan fingerprint density at radius 2 is 2.17 bits per heavy atom. The molecule has 0 saturated carbocycles. The maximum atomic E-state index is 4.67. The number of halogens is 1. The first-order chi connectivity index (χ1) is 8.25. The number of aryl methyl sites for hydroxylation is 1. The normalized spacial score (nSPS) is 13.9. The van der Waals surface area contributed by atoms with E-state index >= 15 is 0 Å². The van der Waals surface area contributed by atoms with Crippen molar-refractivity contribution in [2.75, 3.05) is 6.54 Å². The van der Waals surface area contributed by atoms with E-state index in [2.05, 4.69) is 28.5 Å². The quantitative estimate of drug-likeness (QED) is 0.856. The van der Waals surface area contributed by atoms with E-state index in [9.17, 15) is 0 Å². The van der Waals surface area contributed by atoms with Crippen LogP contribution in [0.4, 0.5) is 0 Å². The Balaban J connectivity index is 0.00000120. The maximum Gasteiger partial charge on any atom is 0.0708 e. The third kappa shape index (κ3) is 2.13. The molecule has 0 aliphatic carbocycles. The van der Waals surface area contributed by atoms with E-state index in [4.69, 9.17) is 0 Å². The molecular formula is C13H17ClN4. The van der Waals surface area contributed by atoms with Crippen molar-refractivity contribution in [2.45, 2.75) is 26.8 Å². The predicted octanol–water partition coefficient (Wildman–Crippen LogP) is 1.95. The second-order valence-electron chi connectivity index (χ2n) is 4.51. The summed E-state index contributed by atoms with van der Waals surface area (Å²) < 4.78 is 1.99. The third-order valence-corrected chi connectivity index (χ3v) is 3.41. The van der Waals surface area contributed by atoms with Crippen LogP contribution in [-0.4, -0.2) is 21.3 Å². The highest BCUT2D eigenvalue weighted by Gasteiger charge is 2.14. The summed E-state index contributed by atoms with van der Waals surface area (Å²) in [6.07, 6.45) is 4.99. The molecule has 0 fully saturated rings. The monoisotopic (exact) mass is 264 g/mol. The minimum absolute atomic E-state index is 0. The average Bonchev–Trinajstić information content (AvgIpc) is 2.76. The zero-order chi connectivity index (χ0) is 11.8. The van der Waals surface area contributed by atoms with Crippen molar-refractivity contribution in [3.05, 3.63) is 41.0 Å². The number of fused-ring (bicyclic) bond motifs is 1. The summed E-state index contributed by atoms with van der Waals surface area (Å²) in [5.41, 5.74) is 5.92. The Labute approximate surface area is 113 Å². The molecule has 1 aliphatic heterocycles. The van der Waals surface area contributed by atoms with E-state index < -0.39 is 0 Å². The van der Waals surface area contributed by atoms with Gasteiger partial charge in [0, 0.05) is 43.2 Å². The molecule has 4 nitrogen and oxygen atoms in total. The van der Waals surface area contributed by atoms with Crippen LogP contribution in [0.1, 0.15) is 22.5 Å². The van der Waals surface area contributed by atoms with Gasteiger partial charge in [0.15, 0.2) is 0 Å². The molecule has 0 atom stereocenters. The largest absolute Gasteiger partial charge is 0.312 e. The molecule has 0 saturated heterocycles. The fraction of sp³-hybridized carbons (Fsp3) is 0.385. The Morgan fingerprint density at radius 3 is 2.94 bits per heavy atom. The SMILES string of the molecule is Cc1nccc(-n2cc3c(n2)CCNC3)c1C.Cl. The first kappa shape index (κ1) is 13.1. The van der Waals surface area contributed by atoms with Gasteiger partial charge in [0.1, 0.15) is 0 Å². The van der Waals surface area contributed by atoms with Gasteiger partial charge in [-0.1, -0.05) is 0 Å². The lowest BCUT2D eigenvalue weighted by molar-refractivity contribution is 0.635. The Kier molecular flexibility index (Phi) is 3.68. The fourth-order valence-corrected chi connectivity index (χ4v) is 2.23. The van der Waals surface area contributed by atoms with Crippen LogP contribution in [0.25, 0.3) is 5.69 Å². The van der Waals surface area contributed by atoms with Gasteiger partial charge in [-0.25, -0.2) is 4.68 Å². The molecule has 0 unspecified atom stereocenters. The molecule has 2 aromatic rings. The highest BCUT2D eigenvalue weighted by atomic mass is 35.5. The van der Waals surface area contributed by atoms with Gasteiger partial charge in [0.2, 0.25) is 0 Å². The van der Waals surface area contributed by atoms with Crippen molar-refractivity contribution < 1.29 is 0 Å². The molecule has 3 rings (SSSR count). The zero-order valence-corrected chi connectivity index (χ0v) is 11.4. The van der Waals surface area contributed by atoms with Gasteiger partial charge in [-0.2, -0.15) is 5.10 Å². The smallest absolute Gasteiger partial charge is 0.0708 e. The van der Waals surface area contributed by atoms with Crippen LogP contribution in [-0.2, 0) is 13.0 Å². The van der Waals surface area contributed by atoms with Gasteiger partial charge >= 0.3 is 0 Å². The molecule has 96 valence electrons. The first-order valence-electron chi connectivity index (χ1n) is 5.96. The van der Waals surface area contributed by atoms with Crippen molar-refractivity contribution in [1.82, 2.24) is 20.1 Å². The van der Waals surface area contributed by atoms with Gasteiger partial charge in [-0.05, 0) is 25.5 Å². The lowest BCUT2D eigenvalue weighted by atomic mass is 10.1. The van der Waals surface area contributed by atoms with Crippen LogP contribution >= 0.6 is 12.4 Å². The summed E-state index contributed by atoms with van der Waals surface area (Å²) in [4.78, 5) is 4.29. The second-order valence-corrected chi connectivity index (χ2v) is 4.51. The molecule has 18 heavy (non-hydrogen) atoms. The van der Waals surface area contributed by atoms with Gasteiger partial charge in [-0.3, -0.25) is 4.98 Å². The first-order valence-corrected chi connectivity index (χ1v) is 5.96. The summed E-state index contributed by atoms with van der Waals surface area (Å²) in [5, 5.41) is 8.04. The van der Waals surface area contributed by atoms with Crippen molar-refractivity contribution in [1.29, 1.82) is 0 Å². The molecule has 0 amide bonds. The van der Waals surface area contributed by atoms with Crippen molar-refractivity contribution >= 4 is 12.4 Å². The minimum Gasteiger partial charge on any atom is -0.312 e. The molecule has 0 aromatic carbocycles. The van der Waals surface area contributed by atoms with E-state index in [-0.39, 0.29) is 12.4 Å². The fourth-order valence-electron chi connectivity index (χ4n) is 2.23. The number of rotatable bonds is 1. The number of hydrogen-bond acceptors (Lipinski definition) is 3. The molecule has 1 N–H and O–H groups in total. The molecule has 5 heteroatoms. The molecule has 3 heterocycles. The highest BCUT2D eigenvalue weighted by molar-refractivity contribution is 5.85. The Morgan fingerprint density at radius 1 is 1.33 bits per heavy atom. The third-order valence-electron chi connectivity index (χ3n) is 3.41. The lowest BCUT2D eigenvalue weighted by Gasteiger charge is -2.09. The molecular weight excluding hydrogens is 248 g/mol. The lowest BCUT2D eigenvalue weighted by Crippen LogP contribution is -2.22. The van der Waals surface area contributed by atoms with Crippen LogP contribution in [0.3, 0.4) is 0 Å². The van der Waals surface area contributed by atoms with E-state index in [1.54, 1.807) is 0 Å². The summed E-state index contributed by atoms with van der Waals surface area (Å²) in [5.74, 6) is 0. The molecule has 1 aliphatic rings. The molecule has 0 spiro atoms. The number of nitrogens with zero attached hydrogens (tertiary/aromatic N) is 3. The summed E-state index contributed by atoms with van der Waals surface area (Å²) in [7, 11) is 0. The van der Waals surface area contributed by atoms with Crippen LogP contribution in [0.5, 0.6) is 0 Å². The van der Waals surface area contributed by atoms with Gasteiger partial charge in [0.05, 0.1) is 11.4 Å². The number of aromatic nitrogens is 3. The number of pyridine rings is 1. The van der Waals surface area contributed by atoms with Crippen LogP contribution in [0.15, 0.2) is 18.5 Å². The highest BCUT2D eigenvalue weighted by Crippen LogP contribution is 2.18. The summed E-state index contributed by atoms with van der Waals surface area (Å²) in [6, 6.07) is 2.02. The number of nitrogens with one attached hydrogen (secondary N) is 1. The number of hydrogen-bond donors (Lipinski definition) is 1. The summed E-state index contributed by atoms with van der Waals surface area (Å²) >= 11 is 0. The van der Waals surface area contributed by atoms with Crippen molar-refractivity contribution in [2.24, 2.45) is 0 Å². The van der Waals surface area contributed by atoms with E-state index in [0.717, 1.165) is 30.9 Å². The van der Waals surface area contributed by atoms with Crippen LogP contribution < -0.4 is 5.32 Å². The maximum absolute atomic E-state index is 4.67. The van der Waals surface area contributed by atoms with Gasteiger partial charge < -0.3 is 5.32 Å². The standard InChI is InChI=1S/C13H16N4.ClH/c1-9-10(2)15-6-4-13(9)17-8-11-7-14-5-3-12(11)16-17;/h4,6,8,14H,3,5,7H2,1-2H3;1H. The van der Waals surface area contributed by atoms with Crippen LogP contribution in [0.2, 0.25) is 0 Å². The second kappa shape index (κ2) is 5.08. The zero-order valence-electron chi connectivity index (χ0n) is 10.6. The topological polar surface area (TPSA) is 42.7 Å². The molecule has 2 aromatic heterocycles. The minimum atomic E-state index is 0. The van der Waals surface area contributed by atoms with Crippen molar-refractivity contribution in [3.8, 4) is 5.69 Å². The predicted molar refractivity (Wildman–Crippen MR) is 73.5 cm³/mol. The van der Waals surface area contributed by atoms with Crippen LogP contribution in [0, 0.1) is 13.8 Å². The van der Waals surface area contributed by atoms with E-state index in [1.807, 2.05) is 23.9 Å². The molecule has 0 bridgehead atoms. The van der Waals surface area contributed by atoms with Crippen molar-refractivity contribution in [3.63, 3.8) is 0 Å². The van der Waals surface area contributed by atoms with E-state index in [0.29, 0.717) is 0 Å². The molecule has 0 radical (unpaired) electrons. The Hall–Kier alpha value is -1.39.